The molecule has 0 spiro atoms. The summed E-state index contributed by atoms with van der Waals surface area (Å²) in [6.45, 7) is 6.14. The Labute approximate surface area is 133 Å². The van der Waals surface area contributed by atoms with E-state index in [4.69, 9.17) is 11.6 Å². The van der Waals surface area contributed by atoms with Crippen molar-refractivity contribution in [1.82, 2.24) is 10.2 Å². The Morgan fingerprint density at radius 3 is 3.10 bits per heavy atom. The van der Waals surface area contributed by atoms with Crippen molar-refractivity contribution < 1.29 is 4.79 Å². The number of benzene rings is 1. The molecule has 1 heterocycles. The quantitative estimate of drug-likeness (QED) is 0.891. The Bertz CT molecular complexity index is 481. The molecule has 5 heteroatoms. The fourth-order valence-corrected chi connectivity index (χ4v) is 3.18. The molecule has 0 saturated carbocycles. The van der Waals surface area contributed by atoms with Crippen molar-refractivity contribution in [3.63, 3.8) is 0 Å². The number of carbonyl (C=O) groups is 1. The molecule has 110 valence electrons. The van der Waals surface area contributed by atoms with Crippen LogP contribution in [0.15, 0.2) is 22.7 Å². The van der Waals surface area contributed by atoms with E-state index in [1.54, 1.807) is 18.2 Å². The van der Waals surface area contributed by atoms with E-state index >= 15 is 0 Å². The number of likely N-dealkylation sites (tertiary alicyclic amines) is 1. The van der Waals surface area contributed by atoms with Gasteiger partial charge in [0.2, 0.25) is 0 Å². The van der Waals surface area contributed by atoms with Crippen molar-refractivity contribution in [2.45, 2.75) is 19.8 Å². The van der Waals surface area contributed by atoms with Gasteiger partial charge in [-0.3, -0.25) is 4.79 Å². The van der Waals surface area contributed by atoms with E-state index in [9.17, 15) is 4.79 Å². The van der Waals surface area contributed by atoms with Crippen LogP contribution in [-0.2, 0) is 0 Å². The first-order valence-electron chi connectivity index (χ1n) is 7.02. The van der Waals surface area contributed by atoms with Gasteiger partial charge < -0.3 is 10.2 Å². The summed E-state index contributed by atoms with van der Waals surface area (Å²) in [6.07, 6.45) is 2.58. The zero-order valence-electron chi connectivity index (χ0n) is 11.7. The number of piperidine rings is 1. The monoisotopic (exact) mass is 358 g/mol. The van der Waals surface area contributed by atoms with Crippen LogP contribution in [0.4, 0.5) is 0 Å². The summed E-state index contributed by atoms with van der Waals surface area (Å²) in [5.41, 5.74) is 0.588. The summed E-state index contributed by atoms with van der Waals surface area (Å²) < 4.78 is 0.769. The molecular weight excluding hydrogens is 340 g/mol. The highest BCUT2D eigenvalue weighted by molar-refractivity contribution is 9.10. The van der Waals surface area contributed by atoms with Gasteiger partial charge in [0.15, 0.2) is 0 Å². The highest BCUT2D eigenvalue weighted by Crippen LogP contribution is 2.21. The molecule has 1 aliphatic rings. The van der Waals surface area contributed by atoms with Crippen molar-refractivity contribution in [3.05, 3.63) is 33.3 Å². The fourth-order valence-electron chi connectivity index (χ4n) is 2.58. The highest BCUT2D eigenvalue weighted by Gasteiger charge is 2.16. The van der Waals surface area contributed by atoms with Gasteiger partial charge in [-0.05, 0) is 59.4 Å². The maximum atomic E-state index is 12.1. The van der Waals surface area contributed by atoms with Gasteiger partial charge in [-0.25, -0.2) is 0 Å². The van der Waals surface area contributed by atoms with Crippen LogP contribution in [-0.4, -0.2) is 37.0 Å². The molecule has 0 radical (unpaired) electrons. The third-order valence-electron chi connectivity index (χ3n) is 3.63. The number of nitrogens with zero attached hydrogens (tertiary/aromatic N) is 1. The van der Waals surface area contributed by atoms with Crippen LogP contribution in [0.2, 0.25) is 5.02 Å². The molecular formula is C15H20BrClN2O. The van der Waals surface area contributed by atoms with Crippen LogP contribution < -0.4 is 5.32 Å². The van der Waals surface area contributed by atoms with Gasteiger partial charge in [0.25, 0.3) is 5.91 Å². The predicted molar refractivity (Wildman–Crippen MR) is 86.3 cm³/mol. The lowest BCUT2D eigenvalue weighted by Crippen LogP contribution is -2.40. The summed E-state index contributed by atoms with van der Waals surface area (Å²) in [6, 6.07) is 5.24. The van der Waals surface area contributed by atoms with E-state index < -0.39 is 0 Å². The summed E-state index contributed by atoms with van der Waals surface area (Å²) >= 11 is 9.30. The fraction of sp³-hybridized carbons (Fsp3) is 0.533. The van der Waals surface area contributed by atoms with Crippen molar-refractivity contribution in [2.75, 3.05) is 26.2 Å². The van der Waals surface area contributed by atoms with E-state index in [1.807, 2.05) is 0 Å². The lowest BCUT2D eigenvalue weighted by Gasteiger charge is -2.30. The summed E-state index contributed by atoms with van der Waals surface area (Å²) in [7, 11) is 0. The minimum Gasteiger partial charge on any atom is -0.351 e. The van der Waals surface area contributed by atoms with Crippen LogP contribution in [0.25, 0.3) is 0 Å². The van der Waals surface area contributed by atoms with Gasteiger partial charge in [-0.15, -0.1) is 0 Å². The highest BCUT2D eigenvalue weighted by atomic mass is 79.9. The van der Waals surface area contributed by atoms with E-state index in [0.29, 0.717) is 17.1 Å². The Kier molecular flexibility index (Phi) is 5.87. The number of carbonyl (C=O) groups excluding carboxylic acids is 1. The smallest absolute Gasteiger partial charge is 0.252 e. The molecule has 1 aromatic carbocycles. The van der Waals surface area contributed by atoms with Gasteiger partial charge >= 0.3 is 0 Å². The number of nitrogens with one attached hydrogen (secondary N) is 1. The van der Waals surface area contributed by atoms with Crippen LogP contribution in [0.1, 0.15) is 30.1 Å². The largest absolute Gasteiger partial charge is 0.351 e. The number of hydrogen-bond acceptors (Lipinski definition) is 2. The van der Waals surface area contributed by atoms with Gasteiger partial charge in [-0.2, -0.15) is 0 Å². The average Bonchev–Trinajstić information content (AvgIpc) is 2.41. The molecule has 2 rings (SSSR count). The Morgan fingerprint density at radius 2 is 2.35 bits per heavy atom. The van der Waals surface area contributed by atoms with Crippen LogP contribution in [0.5, 0.6) is 0 Å². The summed E-state index contributed by atoms with van der Waals surface area (Å²) in [5.74, 6) is 0.686. The lowest BCUT2D eigenvalue weighted by atomic mass is 10.0. The van der Waals surface area contributed by atoms with Crippen molar-refractivity contribution >= 4 is 33.4 Å². The second-order valence-corrected chi connectivity index (χ2v) is 6.72. The molecule has 1 amide bonds. The third-order valence-corrected chi connectivity index (χ3v) is 4.55. The zero-order valence-corrected chi connectivity index (χ0v) is 14.0. The molecule has 1 unspecified atom stereocenters. The summed E-state index contributed by atoms with van der Waals surface area (Å²) in [4.78, 5) is 14.5. The van der Waals surface area contributed by atoms with E-state index in [2.05, 4.69) is 33.1 Å². The van der Waals surface area contributed by atoms with Crippen LogP contribution in [0, 0.1) is 5.92 Å². The van der Waals surface area contributed by atoms with Crippen molar-refractivity contribution in [2.24, 2.45) is 5.92 Å². The van der Waals surface area contributed by atoms with Crippen molar-refractivity contribution in [1.29, 1.82) is 0 Å². The van der Waals surface area contributed by atoms with Crippen LogP contribution >= 0.6 is 27.5 Å². The first-order chi connectivity index (χ1) is 9.56. The number of amides is 1. The maximum Gasteiger partial charge on any atom is 0.252 e. The lowest BCUT2D eigenvalue weighted by molar-refractivity contribution is 0.0943. The topological polar surface area (TPSA) is 32.3 Å². The first-order valence-corrected chi connectivity index (χ1v) is 8.19. The van der Waals surface area contributed by atoms with Crippen LogP contribution in [0.3, 0.4) is 0 Å². The number of halogens is 2. The molecule has 20 heavy (non-hydrogen) atoms. The number of hydrogen-bond donors (Lipinski definition) is 1. The molecule has 0 bridgehead atoms. The van der Waals surface area contributed by atoms with Gasteiger partial charge in [-0.1, -0.05) is 18.5 Å². The zero-order chi connectivity index (χ0) is 14.5. The van der Waals surface area contributed by atoms with E-state index in [-0.39, 0.29) is 5.91 Å². The van der Waals surface area contributed by atoms with E-state index in [0.717, 1.165) is 30.0 Å². The van der Waals surface area contributed by atoms with E-state index in [1.165, 1.54) is 12.8 Å². The Hall–Kier alpha value is -0.580. The Morgan fingerprint density at radius 1 is 1.55 bits per heavy atom. The molecule has 1 fully saturated rings. The third kappa shape index (κ3) is 4.47. The average molecular weight is 360 g/mol. The molecule has 1 atom stereocenters. The molecule has 1 aliphatic heterocycles. The first kappa shape index (κ1) is 15.8. The molecule has 1 aromatic rings. The maximum absolute atomic E-state index is 12.1. The Balaban J connectivity index is 1.81. The standard InChI is InChI=1S/C15H20BrClN2O/c1-11-3-2-7-19(10-11)8-6-18-15(20)13-9-12(17)4-5-14(13)16/h4-5,9,11H,2-3,6-8,10H2,1H3,(H,18,20). The molecule has 1 saturated heterocycles. The van der Waals surface area contributed by atoms with Gasteiger partial charge in [0.1, 0.15) is 0 Å². The van der Waals surface area contributed by atoms with Gasteiger partial charge in [0, 0.05) is 29.1 Å². The van der Waals surface area contributed by atoms with Crippen molar-refractivity contribution in [3.8, 4) is 0 Å². The molecule has 0 aliphatic carbocycles. The minimum absolute atomic E-state index is 0.0792. The molecule has 1 N–H and O–H groups in total. The normalized spacial score (nSPS) is 19.9. The number of rotatable bonds is 4. The molecule has 0 aromatic heterocycles. The summed E-state index contributed by atoms with van der Waals surface area (Å²) in [5, 5.41) is 3.53. The molecule has 3 nitrogen and oxygen atoms in total. The van der Waals surface area contributed by atoms with Gasteiger partial charge in [0.05, 0.1) is 5.56 Å². The second kappa shape index (κ2) is 7.43. The predicted octanol–water partition coefficient (Wildman–Crippen LogP) is 3.56. The minimum atomic E-state index is -0.0792. The second-order valence-electron chi connectivity index (χ2n) is 5.43. The SMILES string of the molecule is CC1CCCN(CCNC(=O)c2cc(Cl)ccc2Br)C1.